The Morgan fingerprint density at radius 3 is 2.94 bits per heavy atom. The molecule has 1 aliphatic carbocycles. The number of fused-ring (bicyclic) bond motifs is 1. The van der Waals surface area contributed by atoms with Gasteiger partial charge in [0.1, 0.15) is 5.82 Å². The van der Waals surface area contributed by atoms with Crippen molar-refractivity contribution < 1.29 is 14.2 Å². The fraction of sp³-hybridized carbons (Fsp3) is 0.667. The normalized spacial score (nSPS) is 29.3. The van der Waals surface area contributed by atoms with E-state index in [-0.39, 0.29) is 0 Å². The molecule has 1 aliphatic heterocycles. The van der Waals surface area contributed by atoms with Crippen LogP contribution in [0, 0.1) is 5.92 Å². The summed E-state index contributed by atoms with van der Waals surface area (Å²) < 4.78 is 15.8. The van der Waals surface area contributed by atoms with Gasteiger partial charge in [0.15, 0.2) is 0 Å². The lowest BCUT2D eigenvalue weighted by molar-refractivity contribution is 0.0246. The second-order valence-corrected chi connectivity index (χ2v) is 4.63. The van der Waals surface area contributed by atoms with Gasteiger partial charge in [-0.05, 0) is 12.8 Å². The minimum atomic E-state index is 0.315. The molecule has 0 bridgehead atoms. The Bertz CT molecular complexity index is 418. The number of anilines is 1. The fourth-order valence-electron chi connectivity index (χ4n) is 2.63. The first-order chi connectivity index (χ1) is 8.80. The third kappa shape index (κ3) is 1.96. The molecule has 0 spiro atoms. The molecule has 1 N–H and O–H groups in total. The van der Waals surface area contributed by atoms with Crippen molar-refractivity contribution in [1.82, 2.24) is 9.97 Å². The van der Waals surface area contributed by atoms with Gasteiger partial charge in [-0.25, -0.2) is 0 Å². The number of aromatic nitrogens is 2. The predicted octanol–water partition coefficient (Wildman–Crippen LogP) is 1.08. The van der Waals surface area contributed by atoms with Crippen LogP contribution in [0.1, 0.15) is 12.8 Å². The SMILES string of the molecule is COc1cc(N[C@@H]2C[C@@H]3OCC[C@@H]32)nc(OC)n1. The van der Waals surface area contributed by atoms with E-state index in [1.165, 1.54) is 0 Å². The molecule has 1 aromatic heterocycles. The Hall–Kier alpha value is -1.56. The van der Waals surface area contributed by atoms with Gasteiger partial charge in [0.25, 0.3) is 0 Å². The van der Waals surface area contributed by atoms with Gasteiger partial charge < -0.3 is 19.5 Å². The summed E-state index contributed by atoms with van der Waals surface area (Å²) in [4.78, 5) is 8.34. The summed E-state index contributed by atoms with van der Waals surface area (Å²) in [6.45, 7) is 0.879. The first kappa shape index (κ1) is 11.5. The van der Waals surface area contributed by atoms with Crippen molar-refractivity contribution in [3.8, 4) is 11.9 Å². The standard InChI is InChI=1S/C12H17N3O3/c1-16-11-6-10(14-12(15-11)17-2)13-8-5-9-7(8)3-4-18-9/h6-9H,3-5H2,1-2H3,(H,13,14,15)/t7-,8-,9+/m1/s1. The lowest BCUT2D eigenvalue weighted by Crippen LogP contribution is -2.47. The highest BCUT2D eigenvalue weighted by Crippen LogP contribution is 2.40. The molecule has 0 radical (unpaired) electrons. The zero-order chi connectivity index (χ0) is 12.5. The summed E-state index contributed by atoms with van der Waals surface area (Å²) in [6, 6.07) is 2.53. The molecule has 1 saturated heterocycles. The van der Waals surface area contributed by atoms with Crippen molar-refractivity contribution in [3.05, 3.63) is 6.07 Å². The molecule has 2 heterocycles. The minimum Gasteiger partial charge on any atom is -0.481 e. The lowest BCUT2D eigenvalue weighted by Gasteiger charge is -2.39. The minimum absolute atomic E-state index is 0.315. The van der Waals surface area contributed by atoms with Crippen LogP contribution in [0.15, 0.2) is 6.07 Å². The Labute approximate surface area is 106 Å². The molecule has 0 aromatic carbocycles. The Morgan fingerprint density at radius 1 is 1.33 bits per heavy atom. The molecule has 3 atom stereocenters. The van der Waals surface area contributed by atoms with Gasteiger partial charge in [0.2, 0.25) is 5.88 Å². The molecule has 2 aliphatic rings. The van der Waals surface area contributed by atoms with Crippen molar-refractivity contribution in [2.24, 2.45) is 5.92 Å². The molecule has 3 rings (SSSR count). The van der Waals surface area contributed by atoms with E-state index in [1.807, 2.05) is 0 Å². The van der Waals surface area contributed by atoms with Crippen molar-refractivity contribution in [1.29, 1.82) is 0 Å². The maximum atomic E-state index is 5.59. The number of hydrogen-bond acceptors (Lipinski definition) is 6. The summed E-state index contributed by atoms with van der Waals surface area (Å²) >= 11 is 0. The van der Waals surface area contributed by atoms with E-state index in [2.05, 4.69) is 15.3 Å². The van der Waals surface area contributed by atoms with E-state index in [0.717, 1.165) is 25.3 Å². The molecule has 6 heteroatoms. The van der Waals surface area contributed by atoms with Crippen LogP contribution < -0.4 is 14.8 Å². The number of nitrogens with one attached hydrogen (secondary N) is 1. The van der Waals surface area contributed by atoms with Crippen LogP contribution in [0.25, 0.3) is 0 Å². The Morgan fingerprint density at radius 2 is 2.22 bits per heavy atom. The number of ether oxygens (including phenoxy) is 3. The molecule has 98 valence electrons. The molecular formula is C12H17N3O3. The van der Waals surface area contributed by atoms with E-state index in [9.17, 15) is 0 Å². The Balaban J connectivity index is 1.72. The highest BCUT2D eigenvalue weighted by atomic mass is 16.5. The first-order valence-electron chi connectivity index (χ1n) is 6.15. The second-order valence-electron chi connectivity index (χ2n) is 4.63. The average molecular weight is 251 g/mol. The van der Waals surface area contributed by atoms with Gasteiger partial charge in [-0.3, -0.25) is 0 Å². The van der Waals surface area contributed by atoms with Crippen LogP contribution >= 0.6 is 0 Å². The van der Waals surface area contributed by atoms with Crippen LogP contribution in [0.5, 0.6) is 11.9 Å². The summed E-state index contributed by atoms with van der Waals surface area (Å²) in [6.07, 6.45) is 2.61. The predicted molar refractivity (Wildman–Crippen MR) is 65.0 cm³/mol. The fourth-order valence-corrected chi connectivity index (χ4v) is 2.63. The highest BCUT2D eigenvalue weighted by Gasteiger charge is 2.45. The molecule has 18 heavy (non-hydrogen) atoms. The molecule has 6 nitrogen and oxygen atoms in total. The van der Waals surface area contributed by atoms with Crippen molar-refractivity contribution in [3.63, 3.8) is 0 Å². The molecule has 0 unspecified atom stereocenters. The third-order valence-corrected chi connectivity index (χ3v) is 3.67. The van der Waals surface area contributed by atoms with Crippen LogP contribution in [0.4, 0.5) is 5.82 Å². The monoisotopic (exact) mass is 251 g/mol. The van der Waals surface area contributed by atoms with E-state index in [4.69, 9.17) is 14.2 Å². The third-order valence-electron chi connectivity index (χ3n) is 3.67. The van der Waals surface area contributed by atoms with Crippen LogP contribution in [-0.2, 0) is 4.74 Å². The van der Waals surface area contributed by atoms with E-state index < -0.39 is 0 Å². The zero-order valence-electron chi connectivity index (χ0n) is 10.5. The van der Waals surface area contributed by atoms with Gasteiger partial charge in [-0.15, -0.1) is 0 Å². The summed E-state index contributed by atoms with van der Waals surface area (Å²) in [5, 5.41) is 3.41. The van der Waals surface area contributed by atoms with Crippen LogP contribution in [0.3, 0.4) is 0 Å². The van der Waals surface area contributed by atoms with Crippen LogP contribution in [-0.4, -0.2) is 42.9 Å². The molecule has 1 aromatic rings. The molecule has 1 saturated carbocycles. The van der Waals surface area contributed by atoms with Gasteiger partial charge in [-0.1, -0.05) is 0 Å². The highest BCUT2D eigenvalue weighted by molar-refractivity contribution is 5.41. The second kappa shape index (κ2) is 4.61. The van der Waals surface area contributed by atoms with Crippen molar-refractivity contribution >= 4 is 5.82 Å². The molecular weight excluding hydrogens is 234 g/mol. The Kier molecular flexibility index (Phi) is 2.95. The maximum absolute atomic E-state index is 5.59. The van der Waals surface area contributed by atoms with Gasteiger partial charge in [-0.2, -0.15) is 9.97 Å². The quantitative estimate of drug-likeness (QED) is 0.864. The van der Waals surface area contributed by atoms with Gasteiger partial charge in [0.05, 0.1) is 20.3 Å². The average Bonchev–Trinajstić information content (AvgIpc) is 2.77. The molecule has 0 amide bonds. The van der Waals surface area contributed by atoms with Gasteiger partial charge in [0, 0.05) is 24.6 Å². The van der Waals surface area contributed by atoms with Crippen molar-refractivity contribution in [2.45, 2.75) is 25.0 Å². The van der Waals surface area contributed by atoms with Crippen LogP contribution in [0.2, 0.25) is 0 Å². The molecule has 2 fully saturated rings. The number of rotatable bonds is 4. The summed E-state index contributed by atoms with van der Waals surface area (Å²) in [5.41, 5.74) is 0. The zero-order valence-corrected chi connectivity index (χ0v) is 10.5. The summed E-state index contributed by atoms with van der Waals surface area (Å²) in [5.74, 6) is 1.86. The van der Waals surface area contributed by atoms with E-state index in [0.29, 0.717) is 30.0 Å². The number of methoxy groups -OCH3 is 2. The van der Waals surface area contributed by atoms with E-state index in [1.54, 1.807) is 20.3 Å². The van der Waals surface area contributed by atoms with Gasteiger partial charge >= 0.3 is 6.01 Å². The lowest BCUT2D eigenvalue weighted by atomic mass is 9.76. The maximum Gasteiger partial charge on any atom is 0.321 e. The van der Waals surface area contributed by atoms with Crippen molar-refractivity contribution in [2.75, 3.05) is 26.1 Å². The summed E-state index contributed by atoms with van der Waals surface area (Å²) in [7, 11) is 3.12. The smallest absolute Gasteiger partial charge is 0.321 e. The largest absolute Gasteiger partial charge is 0.481 e. The number of hydrogen-bond donors (Lipinski definition) is 1. The topological polar surface area (TPSA) is 65.5 Å². The van der Waals surface area contributed by atoms with E-state index >= 15 is 0 Å². The first-order valence-corrected chi connectivity index (χ1v) is 6.15. The number of nitrogens with zero attached hydrogens (tertiary/aromatic N) is 2.